The SMILES string of the molecule is CC1=CC2CN(Cc3ccnc(-c4ccc5c(c4)CN([C@H]4CCC(=O)NC4=O)C5=O)c3)CC2C1. The molecule has 2 saturated heterocycles. The lowest BCUT2D eigenvalue weighted by molar-refractivity contribution is -0.136. The molecule has 0 spiro atoms. The van der Waals surface area contributed by atoms with Gasteiger partial charge in [0.2, 0.25) is 11.8 Å². The molecule has 2 unspecified atom stereocenters. The molecular formula is C27H28N4O3. The molecule has 7 heteroatoms. The molecule has 4 aliphatic rings. The van der Waals surface area contributed by atoms with Crippen LogP contribution in [-0.2, 0) is 22.7 Å². The van der Waals surface area contributed by atoms with Crippen LogP contribution in [0.15, 0.2) is 48.2 Å². The van der Waals surface area contributed by atoms with E-state index in [9.17, 15) is 14.4 Å². The predicted octanol–water partition coefficient (Wildman–Crippen LogP) is 2.91. The second-order valence-corrected chi connectivity index (χ2v) is 10.2. The summed E-state index contributed by atoms with van der Waals surface area (Å²) in [5.74, 6) is 0.651. The number of aromatic nitrogens is 1. The van der Waals surface area contributed by atoms with Gasteiger partial charge < -0.3 is 4.90 Å². The van der Waals surface area contributed by atoms with Crippen LogP contribution >= 0.6 is 0 Å². The standard InChI is InChI=1S/C27H28N4O3/c1-16-8-19-13-30(14-20(19)9-16)12-17-6-7-28-23(10-17)18-2-3-22-21(11-18)15-31(27(22)34)24-4-5-25(32)29-26(24)33/h2-3,6-8,10-11,19-20,24H,4-5,9,12-15H2,1H3,(H,29,32,33)/t19?,20?,24-/m0/s1. The lowest BCUT2D eigenvalue weighted by Crippen LogP contribution is -2.52. The van der Waals surface area contributed by atoms with Crippen LogP contribution in [0.5, 0.6) is 0 Å². The van der Waals surface area contributed by atoms with Gasteiger partial charge in [0.15, 0.2) is 0 Å². The van der Waals surface area contributed by atoms with Crippen molar-refractivity contribution in [3.8, 4) is 11.3 Å². The number of imide groups is 1. The Bertz CT molecular complexity index is 1240. The van der Waals surface area contributed by atoms with E-state index in [0.29, 0.717) is 24.4 Å². The van der Waals surface area contributed by atoms with E-state index >= 15 is 0 Å². The first kappa shape index (κ1) is 21.2. The number of fused-ring (bicyclic) bond motifs is 2. The van der Waals surface area contributed by atoms with E-state index in [0.717, 1.165) is 42.4 Å². The number of carbonyl (C=O) groups excluding carboxylic acids is 3. The van der Waals surface area contributed by atoms with Crippen molar-refractivity contribution >= 4 is 17.7 Å². The molecule has 1 N–H and O–H groups in total. The Labute approximate surface area is 198 Å². The molecule has 2 fully saturated rings. The summed E-state index contributed by atoms with van der Waals surface area (Å²) >= 11 is 0. The van der Waals surface area contributed by atoms with E-state index in [1.807, 2.05) is 24.4 Å². The zero-order valence-electron chi connectivity index (χ0n) is 19.3. The third-order valence-electron chi connectivity index (χ3n) is 7.70. The van der Waals surface area contributed by atoms with Gasteiger partial charge >= 0.3 is 0 Å². The van der Waals surface area contributed by atoms with Crippen LogP contribution in [0.2, 0.25) is 0 Å². The lowest BCUT2D eigenvalue weighted by Gasteiger charge is -2.29. The third-order valence-corrected chi connectivity index (χ3v) is 7.70. The number of nitrogens with zero attached hydrogens (tertiary/aromatic N) is 3. The maximum Gasteiger partial charge on any atom is 0.255 e. The first-order valence-electron chi connectivity index (χ1n) is 12.1. The van der Waals surface area contributed by atoms with Gasteiger partial charge in [-0.15, -0.1) is 0 Å². The monoisotopic (exact) mass is 456 g/mol. The van der Waals surface area contributed by atoms with Gasteiger partial charge in [-0.2, -0.15) is 0 Å². The molecule has 3 atom stereocenters. The molecule has 3 amide bonds. The van der Waals surface area contributed by atoms with Crippen molar-refractivity contribution in [1.82, 2.24) is 20.1 Å². The van der Waals surface area contributed by atoms with E-state index in [1.165, 1.54) is 17.6 Å². The van der Waals surface area contributed by atoms with Crippen LogP contribution in [-0.4, -0.2) is 51.6 Å². The van der Waals surface area contributed by atoms with Gasteiger partial charge in [-0.25, -0.2) is 0 Å². The van der Waals surface area contributed by atoms with Gasteiger partial charge in [-0.3, -0.25) is 29.6 Å². The molecule has 6 rings (SSSR count). The van der Waals surface area contributed by atoms with Crippen molar-refractivity contribution < 1.29 is 14.4 Å². The van der Waals surface area contributed by atoms with Crippen molar-refractivity contribution in [3.05, 3.63) is 64.9 Å². The number of hydrogen-bond donors (Lipinski definition) is 1. The topological polar surface area (TPSA) is 82.6 Å². The van der Waals surface area contributed by atoms with Crippen LogP contribution in [0.3, 0.4) is 0 Å². The number of hydrogen-bond acceptors (Lipinski definition) is 5. The van der Waals surface area contributed by atoms with Crippen LogP contribution in [0, 0.1) is 11.8 Å². The summed E-state index contributed by atoms with van der Waals surface area (Å²) in [7, 11) is 0. The maximum absolute atomic E-state index is 13.0. The number of rotatable bonds is 4. The smallest absolute Gasteiger partial charge is 0.255 e. The first-order chi connectivity index (χ1) is 16.4. The molecule has 0 bridgehead atoms. The molecule has 0 radical (unpaired) electrons. The number of pyridine rings is 1. The molecule has 1 aromatic heterocycles. The molecule has 0 saturated carbocycles. The van der Waals surface area contributed by atoms with Crippen LogP contribution < -0.4 is 5.32 Å². The molecule has 174 valence electrons. The van der Waals surface area contributed by atoms with Crippen LogP contribution in [0.4, 0.5) is 0 Å². The van der Waals surface area contributed by atoms with Gasteiger partial charge in [0.1, 0.15) is 6.04 Å². The number of carbonyl (C=O) groups is 3. The van der Waals surface area contributed by atoms with Gasteiger partial charge in [0.05, 0.1) is 5.69 Å². The fourth-order valence-corrected chi connectivity index (χ4v) is 6.09. The van der Waals surface area contributed by atoms with E-state index in [2.05, 4.69) is 40.3 Å². The fourth-order valence-electron chi connectivity index (χ4n) is 6.09. The van der Waals surface area contributed by atoms with Crippen LogP contribution in [0.1, 0.15) is 47.7 Å². The normalized spacial score (nSPS) is 26.5. The Morgan fingerprint density at radius 3 is 2.82 bits per heavy atom. The number of likely N-dealkylation sites (tertiary alicyclic amines) is 1. The molecule has 1 aromatic carbocycles. The average molecular weight is 457 g/mol. The second-order valence-electron chi connectivity index (χ2n) is 10.2. The second kappa shape index (κ2) is 8.17. The summed E-state index contributed by atoms with van der Waals surface area (Å²) in [5, 5.41) is 2.35. The highest BCUT2D eigenvalue weighted by molar-refractivity contribution is 6.05. The fraction of sp³-hybridized carbons (Fsp3) is 0.407. The number of piperidine rings is 1. The van der Waals surface area contributed by atoms with E-state index in [-0.39, 0.29) is 24.1 Å². The zero-order valence-corrected chi connectivity index (χ0v) is 19.3. The summed E-state index contributed by atoms with van der Waals surface area (Å²) in [6.45, 7) is 5.80. The quantitative estimate of drug-likeness (QED) is 0.565. The minimum Gasteiger partial charge on any atom is -0.322 e. The average Bonchev–Trinajstić information content (AvgIpc) is 3.44. The van der Waals surface area contributed by atoms with Crippen molar-refractivity contribution in [3.63, 3.8) is 0 Å². The molecule has 3 aliphatic heterocycles. The molecule has 1 aliphatic carbocycles. The minimum atomic E-state index is -0.596. The Hall–Kier alpha value is -3.32. The number of allylic oxidation sites excluding steroid dienone is 1. The van der Waals surface area contributed by atoms with Crippen LogP contribution in [0.25, 0.3) is 11.3 Å². The van der Waals surface area contributed by atoms with E-state index in [1.54, 1.807) is 4.90 Å². The predicted molar refractivity (Wildman–Crippen MR) is 126 cm³/mol. The largest absolute Gasteiger partial charge is 0.322 e. The summed E-state index contributed by atoms with van der Waals surface area (Å²) in [5.41, 5.74) is 6.16. The number of amides is 3. The highest BCUT2D eigenvalue weighted by Gasteiger charge is 2.39. The lowest BCUT2D eigenvalue weighted by atomic mass is 10.00. The zero-order chi connectivity index (χ0) is 23.4. The number of nitrogens with one attached hydrogen (secondary N) is 1. The summed E-state index contributed by atoms with van der Waals surface area (Å²) in [4.78, 5) is 45.5. The summed E-state index contributed by atoms with van der Waals surface area (Å²) in [6.07, 6.45) is 6.17. The van der Waals surface area contributed by atoms with Gasteiger partial charge in [-0.1, -0.05) is 17.7 Å². The first-order valence-corrected chi connectivity index (χ1v) is 12.1. The molecular weight excluding hydrogens is 428 g/mol. The summed E-state index contributed by atoms with van der Waals surface area (Å²) in [6, 6.07) is 9.42. The maximum atomic E-state index is 13.0. The highest BCUT2D eigenvalue weighted by atomic mass is 16.2. The minimum absolute atomic E-state index is 0.151. The van der Waals surface area contributed by atoms with E-state index in [4.69, 9.17) is 0 Å². The molecule has 34 heavy (non-hydrogen) atoms. The van der Waals surface area contributed by atoms with Crippen molar-refractivity contribution in [2.45, 2.75) is 45.3 Å². The third kappa shape index (κ3) is 3.74. The molecule has 4 heterocycles. The molecule has 2 aromatic rings. The van der Waals surface area contributed by atoms with Crippen molar-refractivity contribution in [2.24, 2.45) is 11.8 Å². The Morgan fingerprint density at radius 1 is 1.12 bits per heavy atom. The Balaban J connectivity index is 1.18. The Kier molecular flexibility index (Phi) is 5.10. The van der Waals surface area contributed by atoms with Crippen molar-refractivity contribution in [2.75, 3.05) is 13.1 Å². The summed E-state index contributed by atoms with van der Waals surface area (Å²) < 4.78 is 0. The van der Waals surface area contributed by atoms with Gasteiger partial charge in [0.25, 0.3) is 5.91 Å². The van der Waals surface area contributed by atoms with Gasteiger partial charge in [-0.05, 0) is 67.0 Å². The number of benzene rings is 1. The molecule has 7 nitrogen and oxygen atoms in total. The Morgan fingerprint density at radius 2 is 2.00 bits per heavy atom. The van der Waals surface area contributed by atoms with Crippen molar-refractivity contribution in [1.29, 1.82) is 0 Å². The van der Waals surface area contributed by atoms with Gasteiger partial charge in [0, 0.05) is 49.9 Å². The van der Waals surface area contributed by atoms with E-state index < -0.39 is 6.04 Å². The highest BCUT2D eigenvalue weighted by Crippen LogP contribution is 2.37.